The molecule has 3 heterocycles. The average molecular weight is 525 g/mol. The van der Waals surface area contributed by atoms with E-state index in [1.807, 2.05) is 66.2 Å². The van der Waals surface area contributed by atoms with Crippen molar-refractivity contribution in [2.75, 3.05) is 7.11 Å². The summed E-state index contributed by atoms with van der Waals surface area (Å²) in [4.78, 5) is 19.1. The Bertz CT molecular complexity index is 1600. The molecule has 9 heteroatoms. The molecule has 3 aromatic heterocycles. The summed E-state index contributed by atoms with van der Waals surface area (Å²) in [5, 5.41) is 14.1. The number of furan rings is 1. The van der Waals surface area contributed by atoms with E-state index in [1.54, 1.807) is 13.4 Å². The number of hydrogen-bond donors (Lipinski definition) is 1. The van der Waals surface area contributed by atoms with Crippen LogP contribution in [0.5, 0.6) is 5.75 Å². The summed E-state index contributed by atoms with van der Waals surface area (Å²) in [6, 6.07) is 19.6. The maximum atomic E-state index is 13.8. The number of aromatic amines is 1. The molecule has 0 radical (unpaired) electrons. The van der Waals surface area contributed by atoms with Gasteiger partial charge in [-0.3, -0.25) is 9.69 Å². The molecule has 0 spiro atoms. The van der Waals surface area contributed by atoms with Crippen LogP contribution in [0.25, 0.3) is 10.9 Å². The zero-order valence-electron chi connectivity index (χ0n) is 22.2. The fourth-order valence-corrected chi connectivity index (χ4v) is 5.63. The van der Waals surface area contributed by atoms with Crippen molar-refractivity contribution >= 4 is 10.9 Å². The van der Waals surface area contributed by atoms with Gasteiger partial charge >= 0.3 is 0 Å². The molecule has 9 nitrogen and oxygen atoms in total. The van der Waals surface area contributed by atoms with Crippen molar-refractivity contribution in [3.63, 3.8) is 0 Å². The molecule has 1 unspecified atom stereocenters. The zero-order chi connectivity index (χ0) is 26.8. The van der Waals surface area contributed by atoms with E-state index in [4.69, 9.17) is 9.15 Å². The minimum Gasteiger partial charge on any atom is -0.497 e. The smallest absolute Gasteiger partial charge is 0.253 e. The molecule has 0 amide bonds. The third kappa shape index (κ3) is 5.22. The van der Waals surface area contributed by atoms with Gasteiger partial charge in [-0.1, -0.05) is 37.1 Å². The van der Waals surface area contributed by atoms with Crippen molar-refractivity contribution in [3.8, 4) is 5.75 Å². The van der Waals surface area contributed by atoms with E-state index in [9.17, 15) is 4.79 Å². The molecule has 1 aliphatic rings. The van der Waals surface area contributed by atoms with Crippen molar-refractivity contribution in [2.45, 2.75) is 57.8 Å². The Kier molecular flexibility index (Phi) is 6.98. The SMILES string of the molecule is COc1ccc(CN(Cc2ccco2)C(c2cc3ccc(C)cc3[nH]c2=O)c2nnnn2C2CCCC2)cc1. The Balaban J connectivity index is 1.51. The summed E-state index contributed by atoms with van der Waals surface area (Å²) >= 11 is 0. The van der Waals surface area contributed by atoms with Crippen molar-refractivity contribution < 1.29 is 9.15 Å². The van der Waals surface area contributed by atoms with Gasteiger partial charge in [0, 0.05) is 17.6 Å². The minimum atomic E-state index is -0.512. The number of ether oxygens (including phenoxy) is 1. The lowest BCUT2D eigenvalue weighted by Gasteiger charge is -2.31. The third-order valence-corrected chi connectivity index (χ3v) is 7.61. The number of pyridine rings is 1. The van der Waals surface area contributed by atoms with E-state index in [0.29, 0.717) is 24.5 Å². The molecule has 1 saturated carbocycles. The summed E-state index contributed by atoms with van der Waals surface area (Å²) in [6.45, 7) is 3.02. The highest BCUT2D eigenvalue weighted by molar-refractivity contribution is 5.79. The average Bonchev–Trinajstić information content (AvgIpc) is 3.73. The number of methoxy groups -OCH3 is 1. The van der Waals surface area contributed by atoms with Gasteiger partial charge in [-0.15, -0.1) is 5.10 Å². The topological polar surface area (TPSA) is 102 Å². The predicted octanol–water partition coefficient (Wildman–Crippen LogP) is 5.33. The fraction of sp³-hybridized carbons (Fsp3) is 0.333. The van der Waals surface area contributed by atoms with Crippen LogP contribution in [0.4, 0.5) is 0 Å². The summed E-state index contributed by atoms with van der Waals surface area (Å²) in [5.74, 6) is 2.25. The Hall–Kier alpha value is -4.24. The molecular weight excluding hydrogens is 492 g/mol. The number of hydrogen-bond acceptors (Lipinski definition) is 7. The van der Waals surface area contributed by atoms with Gasteiger partial charge in [0.1, 0.15) is 17.6 Å². The molecular formula is C30H32N6O3. The maximum absolute atomic E-state index is 13.8. The highest BCUT2D eigenvalue weighted by atomic mass is 16.5. The van der Waals surface area contributed by atoms with Gasteiger partial charge in [-0.25, -0.2) is 4.68 Å². The predicted molar refractivity (Wildman–Crippen MR) is 147 cm³/mol. The van der Waals surface area contributed by atoms with Crippen LogP contribution in [0.2, 0.25) is 0 Å². The van der Waals surface area contributed by atoms with E-state index in [0.717, 1.165) is 59.2 Å². The van der Waals surface area contributed by atoms with Gasteiger partial charge in [-0.2, -0.15) is 0 Å². The number of fused-ring (bicyclic) bond motifs is 1. The van der Waals surface area contributed by atoms with E-state index in [-0.39, 0.29) is 11.6 Å². The molecule has 0 aliphatic heterocycles. The molecule has 1 N–H and O–H groups in total. The number of aryl methyl sites for hydroxylation is 1. The van der Waals surface area contributed by atoms with E-state index < -0.39 is 6.04 Å². The lowest BCUT2D eigenvalue weighted by Crippen LogP contribution is -2.35. The largest absolute Gasteiger partial charge is 0.497 e. The van der Waals surface area contributed by atoms with E-state index >= 15 is 0 Å². The molecule has 6 rings (SSSR count). The lowest BCUT2D eigenvalue weighted by atomic mass is 10.0. The molecule has 200 valence electrons. The van der Waals surface area contributed by atoms with Gasteiger partial charge in [-0.05, 0) is 83.1 Å². The normalized spacial score (nSPS) is 14.8. The maximum Gasteiger partial charge on any atom is 0.253 e. The number of benzene rings is 2. The van der Waals surface area contributed by atoms with Crippen LogP contribution in [0, 0.1) is 6.92 Å². The van der Waals surface area contributed by atoms with Crippen molar-refractivity contribution in [3.05, 3.63) is 106 Å². The summed E-state index contributed by atoms with van der Waals surface area (Å²) < 4.78 is 13.1. The van der Waals surface area contributed by atoms with Crippen LogP contribution in [0.15, 0.2) is 76.1 Å². The minimum absolute atomic E-state index is 0.154. The third-order valence-electron chi connectivity index (χ3n) is 7.61. The first kappa shape index (κ1) is 25.1. The molecule has 0 bridgehead atoms. The number of tetrazole rings is 1. The second-order valence-electron chi connectivity index (χ2n) is 10.3. The summed E-state index contributed by atoms with van der Waals surface area (Å²) in [5.41, 5.74) is 3.41. The Labute approximate surface area is 226 Å². The number of rotatable bonds is 9. The second kappa shape index (κ2) is 10.9. The molecule has 2 aromatic carbocycles. The lowest BCUT2D eigenvalue weighted by molar-refractivity contribution is 0.176. The highest BCUT2D eigenvalue weighted by Crippen LogP contribution is 2.35. The van der Waals surface area contributed by atoms with Crippen LogP contribution in [-0.2, 0) is 13.1 Å². The van der Waals surface area contributed by atoms with Crippen LogP contribution in [0.3, 0.4) is 0 Å². The zero-order valence-corrected chi connectivity index (χ0v) is 22.2. The number of nitrogens with zero attached hydrogens (tertiary/aromatic N) is 5. The Morgan fingerprint density at radius 1 is 1.10 bits per heavy atom. The second-order valence-corrected chi connectivity index (χ2v) is 10.3. The first-order valence-corrected chi connectivity index (χ1v) is 13.4. The van der Waals surface area contributed by atoms with Crippen LogP contribution in [-0.4, -0.2) is 37.2 Å². The first-order chi connectivity index (χ1) is 19.1. The van der Waals surface area contributed by atoms with Crippen molar-refractivity contribution in [2.24, 2.45) is 0 Å². The Morgan fingerprint density at radius 3 is 2.67 bits per heavy atom. The molecule has 1 fully saturated rings. The Morgan fingerprint density at radius 2 is 1.92 bits per heavy atom. The number of H-pyrrole nitrogens is 1. The van der Waals surface area contributed by atoms with Gasteiger partial charge in [0.25, 0.3) is 5.56 Å². The summed E-state index contributed by atoms with van der Waals surface area (Å²) in [6.07, 6.45) is 6.01. The molecule has 39 heavy (non-hydrogen) atoms. The monoisotopic (exact) mass is 524 g/mol. The highest BCUT2D eigenvalue weighted by Gasteiger charge is 2.34. The van der Waals surface area contributed by atoms with Gasteiger partial charge < -0.3 is 14.1 Å². The standard InChI is InChI=1S/C30H32N6O3/c1-20-9-12-22-17-26(30(37)31-27(22)16-20)28(29-32-33-34-36(29)23-6-3-4-7-23)35(19-25-8-5-15-39-25)18-21-10-13-24(38-2)14-11-21/h5,8-17,23,28H,3-4,6-7,18-19H2,1-2H3,(H,31,37). The molecule has 0 saturated heterocycles. The molecule has 5 aromatic rings. The van der Waals surface area contributed by atoms with Crippen LogP contribution >= 0.6 is 0 Å². The van der Waals surface area contributed by atoms with Gasteiger partial charge in [0.05, 0.1) is 26.0 Å². The summed E-state index contributed by atoms with van der Waals surface area (Å²) in [7, 11) is 1.66. The van der Waals surface area contributed by atoms with E-state index in [1.165, 1.54) is 0 Å². The first-order valence-electron chi connectivity index (χ1n) is 13.4. The number of nitrogens with one attached hydrogen (secondary N) is 1. The van der Waals surface area contributed by atoms with Crippen LogP contribution < -0.4 is 10.3 Å². The number of aromatic nitrogens is 5. The fourth-order valence-electron chi connectivity index (χ4n) is 5.63. The van der Waals surface area contributed by atoms with E-state index in [2.05, 4.69) is 31.5 Å². The van der Waals surface area contributed by atoms with Crippen molar-refractivity contribution in [1.82, 2.24) is 30.1 Å². The van der Waals surface area contributed by atoms with Gasteiger partial charge in [0.15, 0.2) is 5.82 Å². The van der Waals surface area contributed by atoms with Gasteiger partial charge in [0.2, 0.25) is 0 Å². The molecule has 1 aliphatic carbocycles. The molecule has 1 atom stereocenters. The van der Waals surface area contributed by atoms with Crippen LogP contribution in [0.1, 0.15) is 66.0 Å². The van der Waals surface area contributed by atoms with Crippen molar-refractivity contribution in [1.29, 1.82) is 0 Å². The quantitative estimate of drug-likeness (QED) is 0.278.